The van der Waals surface area contributed by atoms with Gasteiger partial charge in [-0.05, 0) is 0 Å². The molecule has 0 aromatic carbocycles. The van der Waals surface area contributed by atoms with E-state index in [1.807, 2.05) is 13.8 Å². The number of alkyl halides is 1. The summed E-state index contributed by atoms with van der Waals surface area (Å²) in [6.07, 6.45) is 0. The van der Waals surface area contributed by atoms with Gasteiger partial charge in [0, 0.05) is 0 Å². The summed E-state index contributed by atoms with van der Waals surface area (Å²) in [6, 6.07) is 0. The summed E-state index contributed by atoms with van der Waals surface area (Å²) in [4.78, 5) is 0. The third-order valence-electron chi connectivity index (χ3n) is 0.344. The molecule has 6 heavy (non-hydrogen) atoms. The minimum absolute atomic E-state index is 0.0625. The van der Waals surface area contributed by atoms with Crippen LogP contribution in [0.1, 0.15) is 13.8 Å². The van der Waals surface area contributed by atoms with Crippen molar-refractivity contribution in [1.29, 1.82) is 0 Å². The summed E-state index contributed by atoms with van der Waals surface area (Å²) in [5.74, 6) is 0. The van der Waals surface area contributed by atoms with Gasteiger partial charge in [-0.25, -0.2) is 0 Å². The van der Waals surface area contributed by atoms with Crippen LogP contribution >= 0.6 is 0 Å². The molecule has 0 heterocycles. The van der Waals surface area contributed by atoms with Gasteiger partial charge < -0.3 is 0 Å². The van der Waals surface area contributed by atoms with Gasteiger partial charge in [0.15, 0.2) is 0 Å². The van der Waals surface area contributed by atoms with Gasteiger partial charge in [0.1, 0.15) is 0 Å². The van der Waals surface area contributed by atoms with Crippen molar-refractivity contribution in [3.8, 4) is 0 Å². The summed E-state index contributed by atoms with van der Waals surface area (Å²) in [6.45, 7) is 3.59. The zero-order valence-electron chi connectivity index (χ0n) is 4.16. The molecule has 0 aliphatic rings. The third kappa shape index (κ3) is 4.49. The maximum absolute atomic E-state index is 11.5. The van der Waals surface area contributed by atoms with Gasteiger partial charge in [-0.1, -0.05) is 0 Å². The van der Waals surface area contributed by atoms with Crippen molar-refractivity contribution in [3.05, 3.63) is 0 Å². The molecule has 0 aliphatic heterocycles. The van der Waals surface area contributed by atoms with Crippen LogP contribution in [-0.4, -0.2) is 23.5 Å². The Bertz CT molecular complexity index is 37.3. The molecule has 0 amide bonds. The Morgan fingerprint density at radius 3 is 1.83 bits per heavy atom. The van der Waals surface area contributed by atoms with E-state index in [4.69, 9.17) is 0 Å². The van der Waals surface area contributed by atoms with E-state index >= 15 is 0 Å². The SMILES string of the molecule is CC(C)([AsH2])CF. The Morgan fingerprint density at radius 1 is 1.67 bits per heavy atom. The molecule has 0 aliphatic carbocycles. The zero-order valence-corrected chi connectivity index (χ0v) is 6.59. The van der Waals surface area contributed by atoms with Crippen LogP contribution in [0.4, 0.5) is 4.39 Å². The van der Waals surface area contributed by atoms with E-state index in [0.717, 1.165) is 0 Å². The quantitative estimate of drug-likeness (QED) is 0.487. The minimum atomic E-state index is -0.201. The van der Waals surface area contributed by atoms with Gasteiger partial charge in [0.2, 0.25) is 0 Å². The first-order valence-corrected chi connectivity index (χ1v) is 3.12. The first-order chi connectivity index (χ1) is 2.56. The van der Waals surface area contributed by atoms with Crippen LogP contribution in [0.3, 0.4) is 0 Å². The molecule has 0 N–H and O–H groups in total. The summed E-state index contributed by atoms with van der Waals surface area (Å²) in [5, 5.41) is 0. The van der Waals surface area contributed by atoms with Crippen molar-refractivity contribution in [2.75, 3.05) is 6.67 Å². The van der Waals surface area contributed by atoms with Crippen molar-refractivity contribution in [3.63, 3.8) is 0 Å². The summed E-state index contributed by atoms with van der Waals surface area (Å²) in [5.41, 5.74) is 0. The molecule has 0 radical (unpaired) electrons. The summed E-state index contributed by atoms with van der Waals surface area (Å²) < 4.78 is 11.5. The van der Waals surface area contributed by atoms with Crippen molar-refractivity contribution < 1.29 is 4.39 Å². The monoisotopic (exact) mass is 152 g/mol. The molecule has 0 rings (SSSR count). The summed E-state index contributed by atoms with van der Waals surface area (Å²) in [7, 11) is 0. The fraction of sp³-hybridized carbons (Fsp3) is 1.00. The molecule has 38 valence electrons. The van der Waals surface area contributed by atoms with E-state index in [-0.39, 0.29) is 10.9 Å². The standard InChI is InChI=1S/C4H10AsF/c1-4(2,5)3-6/h3,5H2,1-2H3. The third-order valence-corrected chi connectivity index (χ3v) is 0.668. The molecule has 2 heteroatoms. The molecule has 1 atom stereocenters. The maximum atomic E-state index is 11.5. The fourth-order valence-electron chi connectivity index (χ4n) is 0. The van der Waals surface area contributed by atoms with Crippen molar-refractivity contribution >= 4 is 16.9 Å². The van der Waals surface area contributed by atoms with Gasteiger partial charge in [-0.15, -0.1) is 0 Å². The van der Waals surface area contributed by atoms with Gasteiger partial charge in [0.25, 0.3) is 0 Å². The molecular weight excluding hydrogens is 142 g/mol. The van der Waals surface area contributed by atoms with E-state index in [0.29, 0.717) is 0 Å². The van der Waals surface area contributed by atoms with Crippen molar-refractivity contribution in [2.24, 2.45) is 0 Å². The first kappa shape index (κ1) is 6.49. The van der Waals surface area contributed by atoms with Crippen LogP contribution in [0.25, 0.3) is 0 Å². The second-order valence-corrected chi connectivity index (χ2v) is 5.40. The summed E-state index contributed by atoms with van der Waals surface area (Å²) >= 11 is 1.46. The zero-order chi connectivity index (χ0) is 5.21. The second kappa shape index (κ2) is 1.97. The van der Waals surface area contributed by atoms with E-state index in [1.54, 1.807) is 0 Å². The van der Waals surface area contributed by atoms with Gasteiger partial charge >= 0.3 is 46.0 Å². The Hall–Kier alpha value is 0.488. The van der Waals surface area contributed by atoms with E-state index < -0.39 is 0 Å². The first-order valence-electron chi connectivity index (χ1n) is 1.91. The molecule has 0 spiro atoms. The Balaban J connectivity index is 3.17. The molecule has 0 nitrogen and oxygen atoms in total. The molecule has 0 aromatic heterocycles. The van der Waals surface area contributed by atoms with Crippen molar-refractivity contribution in [2.45, 2.75) is 18.1 Å². The predicted molar refractivity (Wildman–Crippen MR) is 28.6 cm³/mol. The average molecular weight is 152 g/mol. The van der Waals surface area contributed by atoms with Gasteiger partial charge in [0.05, 0.1) is 0 Å². The topological polar surface area (TPSA) is 0 Å². The Labute approximate surface area is 46.6 Å². The van der Waals surface area contributed by atoms with E-state index in [1.165, 1.54) is 16.9 Å². The van der Waals surface area contributed by atoms with Crippen molar-refractivity contribution in [1.82, 2.24) is 0 Å². The normalized spacial score (nSPS) is 12.0. The fourth-order valence-corrected chi connectivity index (χ4v) is 0. The predicted octanol–water partition coefficient (Wildman–Crippen LogP) is 0.787. The van der Waals surface area contributed by atoms with Crippen LogP contribution < -0.4 is 0 Å². The van der Waals surface area contributed by atoms with Gasteiger partial charge in [-0.2, -0.15) is 0 Å². The molecular formula is C4H10AsF. The van der Waals surface area contributed by atoms with Crippen LogP contribution in [0, 0.1) is 0 Å². The molecule has 1 unspecified atom stereocenters. The number of hydrogen-bond donors (Lipinski definition) is 0. The van der Waals surface area contributed by atoms with Crippen LogP contribution in [-0.2, 0) is 0 Å². The molecule has 0 bridgehead atoms. The molecule has 0 saturated heterocycles. The van der Waals surface area contributed by atoms with Gasteiger partial charge in [-0.3, -0.25) is 0 Å². The van der Waals surface area contributed by atoms with Crippen LogP contribution in [0.5, 0.6) is 0 Å². The Morgan fingerprint density at radius 2 is 1.83 bits per heavy atom. The molecule has 0 aromatic rings. The molecule has 0 fully saturated rings. The average Bonchev–Trinajstić information content (AvgIpc) is 1.35. The Kier molecular flexibility index (Phi) is 2.13. The second-order valence-electron chi connectivity index (χ2n) is 2.12. The number of hydrogen-bond acceptors (Lipinski definition) is 0. The molecule has 0 saturated carbocycles. The van der Waals surface area contributed by atoms with Crippen LogP contribution in [0.15, 0.2) is 0 Å². The van der Waals surface area contributed by atoms with E-state index in [2.05, 4.69) is 0 Å². The number of halogens is 1. The van der Waals surface area contributed by atoms with Crippen LogP contribution in [0.2, 0.25) is 4.20 Å². The van der Waals surface area contributed by atoms with E-state index in [9.17, 15) is 4.39 Å². The number of rotatable bonds is 1.